The third kappa shape index (κ3) is 4.14. The Balaban J connectivity index is 2.80. The molecule has 0 aromatic heterocycles. The smallest absolute Gasteiger partial charge is 0.305 e. The molecule has 1 aromatic carbocycles. The van der Waals surface area contributed by atoms with Crippen molar-refractivity contribution < 1.29 is 14.7 Å². The highest BCUT2D eigenvalue weighted by Gasteiger charge is 2.16. The molecule has 1 aromatic rings. The van der Waals surface area contributed by atoms with Crippen LogP contribution < -0.4 is 5.32 Å². The zero-order valence-corrected chi connectivity index (χ0v) is 12.0. The molecule has 0 spiro atoms. The normalized spacial score (nSPS) is 11.9. The van der Waals surface area contributed by atoms with E-state index in [4.69, 9.17) is 5.11 Å². The number of carboxylic acid groups (broad SMARTS) is 1. The Labute approximate surface area is 115 Å². The van der Waals surface area contributed by atoms with Crippen LogP contribution in [0.1, 0.15) is 35.7 Å². The third-order valence-corrected chi connectivity index (χ3v) is 3.19. The first-order chi connectivity index (χ1) is 8.43. The van der Waals surface area contributed by atoms with Gasteiger partial charge in [0, 0.05) is 16.1 Å². The summed E-state index contributed by atoms with van der Waals surface area (Å²) in [7, 11) is 0. The van der Waals surface area contributed by atoms with Crippen molar-refractivity contribution in [2.75, 3.05) is 0 Å². The number of carboxylic acids is 1. The second-order valence-electron chi connectivity index (χ2n) is 4.14. The summed E-state index contributed by atoms with van der Waals surface area (Å²) in [4.78, 5) is 22.7. The highest BCUT2D eigenvalue weighted by Crippen LogP contribution is 2.16. The van der Waals surface area contributed by atoms with Crippen LogP contribution in [0.5, 0.6) is 0 Å². The van der Waals surface area contributed by atoms with Gasteiger partial charge in [0.15, 0.2) is 0 Å². The first-order valence-electron chi connectivity index (χ1n) is 5.72. The number of amides is 1. The van der Waals surface area contributed by atoms with E-state index in [1.54, 1.807) is 6.07 Å². The van der Waals surface area contributed by atoms with Gasteiger partial charge in [-0.25, -0.2) is 0 Å². The van der Waals surface area contributed by atoms with Gasteiger partial charge in [-0.3, -0.25) is 9.59 Å². The Morgan fingerprint density at radius 2 is 2.11 bits per heavy atom. The molecule has 1 atom stereocenters. The number of nitrogens with one attached hydrogen (secondary N) is 1. The molecule has 18 heavy (non-hydrogen) atoms. The minimum Gasteiger partial charge on any atom is -0.481 e. The van der Waals surface area contributed by atoms with Gasteiger partial charge < -0.3 is 10.4 Å². The fourth-order valence-electron chi connectivity index (χ4n) is 1.61. The highest BCUT2D eigenvalue weighted by molar-refractivity contribution is 9.10. The van der Waals surface area contributed by atoms with Crippen LogP contribution in [0.25, 0.3) is 0 Å². The lowest BCUT2D eigenvalue weighted by atomic mass is 10.1. The van der Waals surface area contributed by atoms with Crippen molar-refractivity contribution >= 4 is 27.8 Å². The number of aryl methyl sites for hydroxylation is 1. The summed E-state index contributed by atoms with van der Waals surface area (Å²) >= 11 is 3.31. The number of rotatable bonds is 5. The van der Waals surface area contributed by atoms with E-state index in [0.717, 1.165) is 10.0 Å². The second-order valence-corrected chi connectivity index (χ2v) is 5.05. The number of aliphatic carboxylic acids is 1. The van der Waals surface area contributed by atoms with E-state index < -0.39 is 5.97 Å². The zero-order chi connectivity index (χ0) is 13.7. The average molecular weight is 314 g/mol. The molecule has 0 saturated carbocycles. The van der Waals surface area contributed by atoms with E-state index in [1.165, 1.54) is 0 Å². The van der Waals surface area contributed by atoms with E-state index in [2.05, 4.69) is 21.2 Å². The Morgan fingerprint density at radius 1 is 1.44 bits per heavy atom. The largest absolute Gasteiger partial charge is 0.481 e. The molecule has 2 N–H and O–H groups in total. The summed E-state index contributed by atoms with van der Waals surface area (Å²) in [5, 5.41) is 11.5. The van der Waals surface area contributed by atoms with Gasteiger partial charge in [0.05, 0.1) is 6.42 Å². The second kappa shape index (κ2) is 6.54. The molecule has 0 aliphatic carbocycles. The highest BCUT2D eigenvalue weighted by atomic mass is 79.9. The number of halogens is 1. The minimum atomic E-state index is -0.909. The predicted molar refractivity (Wildman–Crippen MR) is 72.7 cm³/mol. The molecule has 0 saturated heterocycles. The molecule has 0 radical (unpaired) electrons. The summed E-state index contributed by atoms with van der Waals surface area (Å²) in [5.41, 5.74) is 1.43. The molecular weight excluding hydrogens is 298 g/mol. The summed E-state index contributed by atoms with van der Waals surface area (Å²) in [6, 6.07) is 5.10. The fourth-order valence-corrected chi connectivity index (χ4v) is 1.97. The molecule has 98 valence electrons. The van der Waals surface area contributed by atoms with Crippen molar-refractivity contribution in [1.29, 1.82) is 0 Å². The van der Waals surface area contributed by atoms with E-state index in [-0.39, 0.29) is 18.4 Å². The molecule has 1 rings (SSSR count). The number of carbonyl (C=O) groups is 2. The van der Waals surface area contributed by atoms with Gasteiger partial charge in [-0.15, -0.1) is 0 Å². The van der Waals surface area contributed by atoms with Crippen LogP contribution in [0.3, 0.4) is 0 Å². The molecule has 5 heteroatoms. The molecule has 0 fully saturated rings. The lowest BCUT2D eigenvalue weighted by Gasteiger charge is -2.15. The van der Waals surface area contributed by atoms with Crippen molar-refractivity contribution in [3.63, 3.8) is 0 Å². The van der Waals surface area contributed by atoms with Gasteiger partial charge in [-0.1, -0.05) is 28.9 Å². The van der Waals surface area contributed by atoms with Crippen LogP contribution in [-0.2, 0) is 4.79 Å². The molecule has 0 bridgehead atoms. The molecular formula is C13H16BrNO3. The number of hydrogen-bond donors (Lipinski definition) is 2. The Bertz CT molecular complexity index is 460. The molecule has 4 nitrogen and oxygen atoms in total. The van der Waals surface area contributed by atoms with E-state index in [1.807, 2.05) is 26.0 Å². The number of hydrogen-bond acceptors (Lipinski definition) is 2. The van der Waals surface area contributed by atoms with Gasteiger partial charge in [-0.05, 0) is 31.0 Å². The van der Waals surface area contributed by atoms with Crippen molar-refractivity contribution in [3.05, 3.63) is 33.8 Å². The Kier molecular flexibility index (Phi) is 5.34. The summed E-state index contributed by atoms with van der Waals surface area (Å²) in [6.45, 7) is 3.70. The van der Waals surface area contributed by atoms with Crippen molar-refractivity contribution in [2.24, 2.45) is 0 Å². The minimum absolute atomic E-state index is 0.0602. The van der Waals surface area contributed by atoms with Gasteiger partial charge in [0.25, 0.3) is 5.91 Å². The number of carbonyl (C=O) groups excluding carboxylic acids is 1. The molecule has 0 aliphatic heterocycles. The van der Waals surface area contributed by atoms with Crippen LogP contribution in [0.4, 0.5) is 0 Å². The predicted octanol–water partition coefficient (Wildman–Crippen LogP) is 2.74. The third-order valence-electron chi connectivity index (χ3n) is 2.69. The Morgan fingerprint density at radius 3 is 2.67 bits per heavy atom. The van der Waals surface area contributed by atoms with Crippen LogP contribution in [0.2, 0.25) is 0 Å². The van der Waals surface area contributed by atoms with Crippen molar-refractivity contribution in [3.8, 4) is 0 Å². The van der Waals surface area contributed by atoms with Crippen molar-refractivity contribution in [2.45, 2.75) is 32.7 Å². The van der Waals surface area contributed by atoms with Crippen LogP contribution in [0.15, 0.2) is 22.7 Å². The van der Waals surface area contributed by atoms with Gasteiger partial charge in [0.1, 0.15) is 0 Å². The number of benzene rings is 1. The monoisotopic (exact) mass is 313 g/mol. The zero-order valence-electron chi connectivity index (χ0n) is 10.4. The lowest BCUT2D eigenvalue weighted by molar-refractivity contribution is -0.137. The van der Waals surface area contributed by atoms with Crippen LogP contribution in [-0.4, -0.2) is 23.0 Å². The maximum absolute atomic E-state index is 12.0. The van der Waals surface area contributed by atoms with Gasteiger partial charge in [-0.2, -0.15) is 0 Å². The van der Waals surface area contributed by atoms with Gasteiger partial charge >= 0.3 is 5.97 Å². The molecule has 1 amide bonds. The summed E-state index contributed by atoms with van der Waals surface area (Å²) < 4.78 is 0.824. The first-order valence-corrected chi connectivity index (χ1v) is 6.52. The Hall–Kier alpha value is -1.36. The van der Waals surface area contributed by atoms with E-state index in [0.29, 0.717) is 12.0 Å². The fraction of sp³-hybridized carbons (Fsp3) is 0.385. The van der Waals surface area contributed by atoms with E-state index in [9.17, 15) is 9.59 Å². The molecule has 1 unspecified atom stereocenters. The standard InChI is InChI=1S/C13H16BrNO3/c1-3-10(7-12(16)17)15-13(18)11-6-9(14)5-4-8(11)2/h4-6,10H,3,7H2,1-2H3,(H,15,18)(H,16,17). The van der Waals surface area contributed by atoms with Gasteiger partial charge in [0.2, 0.25) is 0 Å². The quantitative estimate of drug-likeness (QED) is 0.878. The molecule has 0 heterocycles. The topological polar surface area (TPSA) is 66.4 Å². The lowest BCUT2D eigenvalue weighted by Crippen LogP contribution is -2.36. The maximum Gasteiger partial charge on any atom is 0.305 e. The van der Waals surface area contributed by atoms with Crippen LogP contribution >= 0.6 is 15.9 Å². The first kappa shape index (κ1) is 14.7. The van der Waals surface area contributed by atoms with Crippen LogP contribution in [0, 0.1) is 6.92 Å². The SMILES string of the molecule is CCC(CC(=O)O)NC(=O)c1cc(Br)ccc1C. The summed E-state index contributed by atoms with van der Waals surface area (Å²) in [6.07, 6.45) is 0.528. The summed E-state index contributed by atoms with van der Waals surface area (Å²) in [5.74, 6) is -1.14. The molecule has 0 aliphatic rings. The van der Waals surface area contributed by atoms with E-state index >= 15 is 0 Å². The maximum atomic E-state index is 12.0. The van der Waals surface area contributed by atoms with Crippen molar-refractivity contribution in [1.82, 2.24) is 5.32 Å². The average Bonchev–Trinajstić information content (AvgIpc) is 2.30.